The predicted octanol–water partition coefficient (Wildman–Crippen LogP) is 4.26. The second-order valence-electron chi connectivity index (χ2n) is 8.48. The highest BCUT2D eigenvalue weighted by Crippen LogP contribution is 2.44. The van der Waals surface area contributed by atoms with Gasteiger partial charge in [0, 0.05) is 0 Å². The Bertz CT molecular complexity index is 495. The van der Waals surface area contributed by atoms with Gasteiger partial charge in [-0.3, -0.25) is 0 Å². The van der Waals surface area contributed by atoms with Crippen molar-refractivity contribution in [1.82, 2.24) is 0 Å². The van der Waals surface area contributed by atoms with Crippen LogP contribution in [0.1, 0.15) is 41.5 Å². The van der Waals surface area contributed by atoms with Gasteiger partial charge in [0.15, 0.2) is 0 Å². The van der Waals surface area contributed by atoms with Gasteiger partial charge in [-0.15, -0.1) is 0 Å². The molecule has 1 aliphatic heterocycles. The molecule has 1 aliphatic rings. The maximum atomic E-state index is 6.41. The molecule has 0 saturated carbocycles. The molecule has 2 rings (SSSR count). The molecule has 0 aliphatic carbocycles. The van der Waals surface area contributed by atoms with Crippen LogP contribution in [0.2, 0.25) is 18.5 Å². The summed E-state index contributed by atoms with van der Waals surface area (Å²) in [5.41, 5.74) is -0.0891. The van der Waals surface area contributed by atoms with E-state index in [0.717, 1.165) is 0 Å². The van der Waals surface area contributed by atoms with Gasteiger partial charge in [-0.25, -0.2) is 0 Å². The molecular weight excluding hydrogens is 287 g/mol. The highest BCUT2D eigenvalue weighted by Gasteiger charge is 2.57. The summed E-state index contributed by atoms with van der Waals surface area (Å²) < 4.78 is 12.8. The van der Waals surface area contributed by atoms with Gasteiger partial charge in [-0.05, 0) is 39.1 Å². The molecule has 0 amide bonds. The van der Waals surface area contributed by atoms with Crippen LogP contribution in [0.4, 0.5) is 0 Å². The molecule has 0 bridgehead atoms. The third-order valence-corrected chi connectivity index (χ3v) is 10.1. The SMILES string of the molecule is CC(C)C(B1OC(C)(C)C(C)(C)O1)[Si](C)(C)c1ccccc1. The fourth-order valence-electron chi connectivity index (χ4n) is 3.58. The Hall–Kier alpha value is -0.578. The van der Waals surface area contributed by atoms with Crippen molar-refractivity contribution < 1.29 is 9.31 Å². The van der Waals surface area contributed by atoms with Gasteiger partial charge in [0.2, 0.25) is 0 Å². The number of benzene rings is 1. The quantitative estimate of drug-likeness (QED) is 0.772. The highest BCUT2D eigenvalue weighted by atomic mass is 28.3. The van der Waals surface area contributed by atoms with Crippen LogP contribution in [0.25, 0.3) is 0 Å². The van der Waals surface area contributed by atoms with Crippen molar-refractivity contribution in [3.05, 3.63) is 30.3 Å². The fraction of sp³-hybridized carbons (Fsp3) is 0.667. The van der Waals surface area contributed by atoms with Crippen molar-refractivity contribution in [1.29, 1.82) is 0 Å². The second-order valence-corrected chi connectivity index (χ2v) is 13.2. The molecule has 22 heavy (non-hydrogen) atoms. The first kappa shape index (κ1) is 17.8. The molecule has 1 aromatic carbocycles. The number of hydrogen-bond donors (Lipinski definition) is 0. The summed E-state index contributed by atoms with van der Waals surface area (Å²) in [4.78, 5) is 0. The van der Waals surface area contributed by atoms with Gasteiger partial charge in [0.05, 0.1) is 19.3 Å². The van der Waals surface area contributed by atoms with E-state index in [1.54, 1.807) is 0 Å². The van der Waals surface area contributed by atoms with E-state index in [1.165, 1.54) is 5.19 Å². The summed E-state index contributed by atoms with van der Waals surface area (Å²) >= 11 is 0. The first-order valence-corrected chi connectivity index (χ1v) is 11.5. The minimum absolute atomic E-state index is 0.119. The lowest BCUT2D eigenvalue weighted by Crippen LogP contribution is -2.54. The average molecular weight is 318 g/mol. The molecule has 0 radical (unpaired) electrons. The monoisotopic (exact) mass is 318 g/mol. The lowest BCUT2D eigenvalue weighted by Gasteiger charge is -2.37. The maximum Gasteiger partial charge on any atom is 0.458 e. The summed E-state index contributed by atoms with van der Waals surface area (Å²) in [6.45, 7) is 18.0. The molecule has 1 unspecified atom stereocenters. The third-order valence-electron chi connectivity index (χ3n) is 5.63. The molecule has 1 saturated heterocycles. The predicted molar refractivity (Wildman–Crippen MR) is 98.2 cm³/mol. The van der Waals surface area contributed by atoms with E-state index < -0.39 is 8.07 Å². The molecule has 2 nitrogen and oxygen atoms in total. The largest absolute Gasteiger partial charge is 0.458 e. The van der Waals surface area contributed by atoms with Gasteiger partial charge in [0.1, 0.15) is 0 Å². The summed E-state index contributed by atoms with van der Waals surface area (Å²) in [6.07, 6.45) is 0. The second kappa shape index (κ2) is 5.81. The van der Waals surface area contributed by atoms with Gasteiger partial charge < -0.3 is 9.31 Å². The minimum atomic E-state index is -1.71. The van der Waals surface area contributed by atoms with Crippen LogP contribution in [0.15, 0.2) is 30.3 Å². The zero-order chi connectivity index (χ0) is 16.8. The number of hydrogen-bond acceptors (Lipinski definition) is 2. The van der Waals surface area contributed by atoms with Gasteiger partial charge in [-0.2, -0.15) is 0 Å². The van der Waals surface area contributed by atoms with E-state index in [4.69, 9.17) is 9.31 Å². The van der Waals surface area contributed by atoms with E-state index in [1.807, 2.05) is 0 Å². The molecule has 0 N–H and O–H groups in total. The summed E-state index contributed by atoms with van der Waals surface area (Å²) in [6, 6.07) is 10.9. The van der Waals surface area contributed by atoms with Crippen molar-refractivity contribution in [2.75, 3.05) is 0 Å². The molecule has 0 spiro atoms. The van der Waals surface area contributed by atoms with E-state index in [-0.39, 0.29) is 18.3 Å². The van der Waals surface area contributed by atoms with Crippen LogP contribution in [0.3, 0.4) is 0 Å². The topological polar surface area (TPSA) is 18.5 Å². The Morgan fingerprint density at radius 1 is 0.909 bits per heavy atom. The minimum Gasteiger partial charge on any atom is -0.403 e. The van der Waals surface area contributed by atoms with Crippen LogP contribution >= 0.6 is 0 Å². The summed E-state index contributed by atoms with van der Waals surface area (Å²) in [5, 5.41) is 1.48. The summed E-state index contributed by atoms with van der Waals surface area (Å²) in [7, 11) is -1.83. The Labute approximate surface area is 137 Å². The van der Waals surface area contributed by atoms with E-state index in [2.05, 4.69) is 85.0 Å². The van der Waals surface area contributed by atoms with E-state index in [0.29, 0.717) is 11.4 Å². The molecule has 0 aromatic heterocycles. The van der Waals surface area contributed by atoms with Crippen LogP contribution < -0.4 is 5.19 Å². The number of rotatable bonds is 4. The van der Waals surface area contributed by atoms with Gasteiger partial charge in [0.25, 0.3) is 0 Å². The fourth-order valence-corrected chi connectivity index (χ4v) is 7.50. The molecule has 122 valence electrons. The van der Waals surface area contributed by atoms with Crippen molar-refractivity contribution in [2.45, 2.75) is 71.3 Å². The molecule has 1 aromatic rings. The lowest BCUT2D eigenvalue weighted by atomic mass is 9.77. The molecular formula is C18H31BO2Si. The van der Waals surface area contributed by atoms with Crippen LogP contribution in [-0.4, -0.2) is 26.4 Å². The first-order valence-electron chi connectivity index (χ1n) is 8.40. The van der Waals surface area contributed by atoms with Gasteiger partial charge in [-0.1, -0.05) is 62.5 Å². The first-order chi connectivity index (χ1) is 9.99. The molecule has 4 heteroatoms. The summed E-state index contributed by atoms with van der Waals surface area (Å²) in [5.74, 6) is 0.525. The molecule has 1 fully saturated rings. The van der Waals surface area contributed by atoms with Crippen molar-refractivity contribution in [2.24, 2.45) is 5.92 Å². The van der Waals surface area contributed by atoms with Crippen molar-refractivity contribution in [3.63, 3.8) is 0 Å². The Kier molecular flexibility index (Phi) is 4.69. The lowest BCUT2D eigenvalue weighted by molar-refractivity contribution is 0.00578. The highest BCUT2D eigenvalue weighted by molar-refractivity contribution is 6.97. The zero-order valence-electron chi connectivity index (χ0n) is 15.4. The van der Waals surface area contributed by atoms with E-state index in [9.17, 15) is 0 Å². The standard InChI is InChI=1S/C18H31BO2Si/c1-14(2)16(19-20-17(3,4)18(5,6)21-19)22(7,8)15-12-10-9-11-13-15/h9-14,16H,1-8H3. The van der Waals surface area contributed by atoms with Crippen LogP contribution in [-0.2, 0) is 9.31 Å². The molecule has 1 atom stereocenters. The van der Waals surface area contributed by atoms with Gasteiger partial charge >= 0.3 is 7.12 Å². The third kappa shape index (κ3) is 3.06. The maximum absolute atomic E-state index is 6.41. The van der Waals surface area contributed by atoms with Crippen LogP contribution in [0.5, 0.6) is 0 Å². The Morgan fingerprint density at radius 3 is 1.77 bits per heavy atom. The Balaban J connectivity index is 2.36. The van der Waals surface area contributed by atoms with Crippen LogP contribution in [0, 0.1) is 5.92 Å². The average Bonchev–Trinajstić information content (AvgIpc) is 2.58. The zero-order valence-corrected chi connectivity index (χ0v) is 16.4. The van der Waals surface area contributed by atoms with Crippen molar-refractivity contribution in [3.8, 4) is 0 Å². The van der Waals surface area contributed by atoms with E-state index >= 15 is 0 Å². The van der Waals surface area contributed by atoms with Crippen molar-refractivity contribution >= 4 is 20.4 Å². The smallest absolute Gasteiger partial charge is 0.403 e. The normalized spacial score (nSPS) is 22.1. The Morgan fingerprint density at radius 2 is 1.36 bits per heavy atom. The molecule has 1 heterocycles.